The first-order valence-electron chi connectivity index (χ1n) is 6.07. The lowest BCUT2D eigenvalue weighted by Crippen LogP contribution is -2.37. The fourth-order valence-corrected chi connectivity index (χ4v) is 2.20. The highest BCUT2D eigenvalue weighted by Crippen LogP contribution is 2.21. The lowest BCUT2D eigenvalue weighted by Gasteiger charge is -2.20. The monoisotopic (exact) mass is 303 g/mol. The van der Waals surface area contributed by atoms with Crippen molar-refractivity contribution >= 4 is 15.9 Å². The molecule has 1 atom stereocenters. The number of aromatic nitrogens is 2. The van der Waals surface area contributed by atoms with Crippen LogP contribution in [0.15, 0.2) is 4.47 Å². The number of aryl methyl sites for hydroxylation is 2. The molecule has 0 spiro atoms. The Morgan fingerprint density at radius 1 is 1.47 bits per heavy atom. The van der Waals surface area contributed by atoms with Crippen LogP contribution in [0.3, 0.4) is 0 Å². The quantitative estimate of drug-likeness (QED) is 0.846. The Hall–Kier alpha value is -0.390. The van der Waals surface area contributed by atoms with E-state index in [4.69, 9.17) is 0 Å². The summed E-state index contributed by atoms with van der Waals surface area (Å²) in [5.41, 5.74) is 2.15. The summed E-state index contributed by atoms with van der Waals surface area (Å²) in [6.45, 7) is 10.0. The molecule has 0 bridgehead atoms. The van der Waals surface area contributed by atoms with E-state index in [1.54, 1.807) is 0 Å². The maximum absolute atomic E-state index is 9.28. The Morgan fingerprint density at radius 2 is 2.12 bits per heavy atom. The third-order valence-electron chi connectivity index (χ3n) is 2.99. The molecule has 0 amide bonds. The number of aliphatic hydroxyl groups is 1. The van der Waals surface area contributed by atoms with Crippen LogP contribution >= 0.6 is 15.9 Å². The van der Waals surface area contributed by atoms with Gasteiger partial charge in [-0.05, 0) is 35.7 Å². The molecule has 0 unspecified atom stereocenters. The van der Waals surface area contributed by atoms with Gasteiger partial charge in [0.05, 0.1) is 22.5 Å². The summed E-state index contributed by atoms with van der Waals surface area (Å²) in [6.07, 6.45) is 0. The van der Waals surface area contributed by atoms with Crippen molar-refractivity contribution in [3.63, 3.8) is 0 Å². The Labute approximate surface area is 112 Å². The van der Waals surface area contributed by atoms with E-state index in [1.165, 1.54) is 0 Å². The first-order chi connectivity index (χ1) is 8.01. The van der Waals surface area contributed by atoms with Crippen LogP contribution in [0.4, 0.5) is 0 Å². The minimum absolute atomic E-state index is 0.127. The highest BCUT2D eigenvalue weighted by Gasteiger charge is 2.15. The molecule has 0 aliphatic rings. The number of hydrogen-bond acceptors (Lipinski definition) is 3. The summed E-state index contributed by atoms with van der Waals surface area (Å²) >= 11 is 3.57. The second-order valence-electron chi connectivity index (χ2n) is 4.58. The molecule has 0 aliphatic carbocycles. The molecule has 98 valence electrons. The van der Waals surface area contributed by atoms with E-state index < -0.39 is 0 Å². The van der Waals surface area contributed by atoms with Gasteiger partial charge >= 0.3 is 0 Å². The SMILES string of the molecule is CCn1nc(C)c(Br)c1CN[C@H](CO)C(C)C. The van der Waals surface area contributed by atoms with Gasteiger partial charge in [0.1, 0.15) is 0 Å². The van der Waals surface area contributed by atoms with Gasteiger partial charge in [0, 0.05) is 19.1 Å². The largest absolute Gasteiger partial charge is 0.395 e. The molecule has 1 aromatic rings. The molecule has 0 saturated heterocycles. The van der Waals surface area contributed by atoms with E-state index in [0.29, 0.717) is 5.92 Å². The Bertz CT molecular complexity index is 363. The van der Waals surface area contributed by atoms with E-state index in [-0.39, 0.29) is 12.6 Å². The van der Waals surface area contributed by atoms with Crippen LogP contribution in [0.5, 0.6) is 0 Å². The van der Waals surface area contributed by atoms with Crippen LogP contribution in [0.25, 0.3) is 0 Å². The van der Waals surface area contributed by atoms with Crippen LogP contribution in [0.2, 0.25) is 0 Å². The molecule has 1 heterocycles. The smallest absolute Gasteiger partial charge is 0.0739 e. The second-order valence-corrected chi connectivity index (χ2v) is 5.37. The molecule has 0 aromatic carbocycles. The van der Waals surface area contributed by atoms with Crippen molar-refractivity contribution in [1.82, 2.24) is 15.1 Å². The number of aliphatic hydroxyl groups excluding tert-OH is 1. The number of halogens is 1. The van der Waals surface area contributed by atoms with E-state index >= 15 is 0 Å². The van der Waals surface area contributed by atoms with Gasteiger partial charge in [0.15, 0.2) is 0 Å². The van der Waals surface area contributed by atoms with Crippen LogP contribution in [0, 0.1) is 12.8 Å². The fraction of sp³-hybridized carbons (Fsp3) is 0.750. The summed E-state index contributed by atoms with van der Waals surface area (Å²) < 4.78 is 3.05. The predicted octanol–water partition coefficient (Wildman–Crippen LogP) is 2.08. The zero-order valence-electron chi connectivity index (χ0n) is 11.0. The molecule has 0 radical (unpaired) electrons. The average molecular weight is 304 g/mol. The summed E-state index contributed by atoms with van der Waals surface area (Å²) in [4.78, 5) is 0. The van der Waals surface area contributed by atoms with E-state index in [1.807, 2.05) is 11.6 Å². The molecule has 1 aromatic heterocycles. The van der Waals surface area contributed by atoms with E-state index in [9.17, 15) is 5.11 Å². The van der Waals surface area contributed by atoms with Gasteiger partial charge in [-0.3, -0.25) is 4.68 Å². The van der Waals surface area contributed by atoms with Crippen molar-refractivity contribution in [1.29, 1.82) is 0 Å². The van der Waals surface area contributed by atoms with E-state index in [2.05, 4.69) is 47.1 Å². The van der Waals surface area contributed by atoms with Crippen LogP contribution in [-0.2, 0) is 13.1 Å². The Kier molecular flexibility index (Phi) is 5.62. The van der Waals surface area contributed by atoms with Crippen molar-refractivity contribution in [2.75, 3.05) is 6.61 Å². The molecule has 2 N–H and O–H groups in total. The molecule has 0 aliphatic heterocycles. The zero-order valence-corrected chi connectivity index (χ0v) is 12.6. The fourth-order valence-electron chi connectivity index (χ4n) is 1.78. The second kappa shape index (κ2) is 6.52. The number of rotatable bonds is 6. The van der Waals surface area contributed by atoms with Crippen molar-refractivity contribution in [3.05, 3.63) is 15.9 Å². The molecular weight excluding hydrogens is 282 g/mol. The van der Waals surface area contributed by atoms with Crippen molar-refractivity contribution in [2.24, 2.45) is 5.92 Å². The molecule has 0 saturated carbocycles. The van der Waals surface area contributed by atoms with Crippen LogP contribution < -0.4 is 5.32 Å². The minimum Gasteiger partial charge on any atom is -0.395 e. The molecule has 1 rings (SSSR count). The molecule has 4 nitrogen and oxygen atoms in total. The van der Waals surface area contributed by atoms with Gasteiger partial charge < -0.3 is 10.4 Å². The predicted molar refractivity (Wildman–Crippen MR) is 72.9 cm³/mol. The van der Waals surface area contributed by atoms with Crippen molar-refractivity contribution in [2.45, 2.75) is 46.8 Å². The average Bonchev–Trinajstić information content (AvgIpc) is 2.56. The van der Waals surface area contributed by atoms with Crippen LogP contribution in [-0.4, -0.2) is 27.5 Å². The number of nitrogens with zero attached hydrogens (tertiary/aromatic N) is 2. The maximum Gasteiger partial charge on any atom is 0.0739 e. The lowest BCUT2D eigenvalue weighted by molar-refractivity contribution is 0.209. The maximum atomic E-state index is 9.28. The topological polar surface area (TPSA) is 50.1 Å². The summed E-state index contributed by atoms with van der Waals surface area (Å²) in [7, 11) is 0. The van der Waals surface area contributed by atoms with Gasteiger partial charge in [0.25, 0.3) is 0 Å². The third kappa shape index (κ3) is 3.53. The van der Waals surface area contributed by atoms with Crippen molar-refractivity contribution in [3.8, 4) is 0 Å². The Morgan fingerprint density at radius 3 is 2.59 bits per heavy atom. The summed E-state index contributed by atoms with van der Waals surface area (Å²) in [5.74, 6) is 0.415. The van der Waals surface area contributed by atoms with Gasteiger partial charge in [-0.1, -0.05) is 13.8 Å². The van der Waals surface area contributed by atoms with Crippen molar-refractivity contribution < 1.29 is 5.11 Å². The van der Waals surface area contributed by atoms with E-state index in [0.717, 1.165) is 29.0 Å². The van der Waals surface area contributed by atoms with Gasteiger partial charge in [-0.15, -0.1) is 0 Å². The molecule has 5 heteroatoms. The number of nitrogens with one attached hydrogen (secondary N) is 1. The number of hydrogen-bond donors (Lipinski definition) is 2. The molecular formula is C12H22BrN3O. The first-order valence-corrected chi connectivity index (χ1v) is 6.86. The van der Waals surface area contributed by atoms with Gasteiger partial charge in [0.2, 0.25) is 0 Å². The lowest BCUT2D eigenvalue weighted by atomic mass is 10.1. The summed E-state index contributed by atoms with van der Waals surface area (Å²) in [6, 6.07) is 0.127. The molecule has 0 fully saturated rings. The molecule has 17 heavy (non-hydrogen) atoms. The normalized spacial score (nSPS) is 13.4. The van der Waals surface area contributed by atoms with Gasteiger partial charge in [-0.25, -0.2) is 0 Å². The first kappa shape index (κ1) is 14.7. The van der Waals surface area contributed by atoms with Gasteiger partial charge in [-0.2, -0.15) is 5.10 Å². The third-order valence-corrected chi connectivity index (χ3v) is 4.02. The zero-order chi connectivity index (χ0) is 13.0. The highest BCUT2D eigenvalue weighted by molar-refractivity contribution is 9.10. The van der Waals surface area contributed by atoms with Crippen LogP contribution in [0.1, 0.15) is 32.2 Å². The summed E-state index contributed by atoms with van der Waals surface area (Å²) in [5, 5.41) is 17.1. The standard InChI is InChI=1S/C12H22BrN3O/c1-5-16-11(12(13)9(4)15-16)6-14-10(7-17)8(2)3/h8,10,14,17H,5-7H2,1-4H3/t10-/m1/s1. The Balaban J connectivity index is 2.74. The minimum atomic E-state index is 0.127. The highest BCUT2D eigenvalue weighted by atomic mass is 79.9.